The van der Waals surface area contributed by atoms with Crippen LogP contribution in [0.25, 0.3) is 0 Å². The SMILES string of the molecule is COc1cc(NC(=O)C2CC2C)c(C(=O)N2CCCCC2)cc1OC. The van der Waals surface area contributed by atoms with Gasteiger partial charge in [-0.2, -0.15) is 0 Å². The maximum Gasteiger partial charge on any atom is 0.256 e. The molecule has 2 unspecified atom stereocenters. The number of carbonyl (C=O) groups excluding carboxylic acids is 2. The molecule has 6 nitrogen and oxygen atoms in total. The number of nitrogens with one attached hydrogen (secondary N) is 1. The summed E-state index contributed by atoms with van der Waals surface area (Å²) in [7, 11) is 3.08. The minimum absolute atomic E-state index is 0.0334. The van der Waals surface area contributed by atoms with Gasteiger partial charge in [0, 0.05) is 25.1 Å². The number of methoxy groups -OCH3 is 2. The van der Waals surface area contributed by atoms with Crippen LogP contribution in [0.2, 0.25) is 0 Å². The van der Waals surface area contributed by atoms with Crippen molar-refractivity contribution in [3.05, 3.63) is 17.7 Å². The molecule has 2 aliphatic rings. The molecule has 0 bridgehead atoms. The van der Waals surface area contributed by atoms with E-state index in [1.807, 2.05) is 4.90 Å². The molecule has 1 N–H and O–H groups in total. The zero-order valence-electron chi connectivity index (χ0n) is 15.1. The van der Waals surface area contributed by atoms with E-state index in [4.69, 9.17) is 9.47 Å². The number of piperidine rings is 1. The molecule has 3 rings (SSSR count). The molecule has 0 spiro atoms. The van der Waals surface area contributed by atoms with Gasteiger partial charge in [-0.3, -0.25) is 9.59 Å². The first kappa shape index (κ1) is 17.6. The van der Waals surface area contributed by atoms with E-state index in [0.717, 1.165) is 38.8 Å². The Kier molecular flexibility index (Phi) is 5.16. The lowest BCUT2D eigenvalue weighted by atomic mass is 10.1. The zero-order valence-corrected chi connectivity index (χ0v) is 15.1. The second-order valence-corrected chi connectivity index (χ2v) is 6.91. The Bertz CT molecular complexity index is 668. The molecule has 2 fully saturated rings. The molecule has 1 aliphatic carbocycles. The van der Waals surface area contributed by atoms with Crippen LogP contribution in [-0.4, -0.2) is 44.0 Å². The van der Waals surface area contributed by atoms with Gasteiger partial charge in [-0.05, 0) is 37.7 Å². The number of hydrogen-bond acceptors (Lipinski definition) is 4. The second kappa shape index (κ2) is 7.33. The Labute approximate surface area is 148 Å². The summed E-state index contributed by atoms with van der Waals surface area (Å²) < 4.78 is 10.7. The highest BCUT2D eigenvalue weighted by molar-refractivity contribution is 6.05. The van der Waals surface area contributed by atoms with Crippen molar-refractivity contribution < 1.29 is 19.1 Å². The number of rotatable bonds is 5. The van der Waals surface area contributed by atoms with Crippen LogP contribution in [0.1, 0.15) is 43.0 Å². The fourth-order valence-electron chi connectivity index (χ4n) is 3.34. The fourth-order valence-corrected chi connectivity index (χ4v) is 3.34. The summed E-state index contributed by atoms with van der Waals surface area (Å²) in [6.07, 6.45) is 4.08. The molecule has 0 aromatic heterocycles. The van der Waals surface area contributed by atoms with Crippen molar-refractivity contribution in [1.29, 1.82) is 0 Å². The summed E-state index contributed by atoms with van der Waals surface area (Å²) >= 11 is 0. The molecule has 1 aliphatic heterocycles. The van der Waals surface area contributed by atoms with Crippen molar-refractivity contribution >= 4 is 17.5 Å². The summed E-state index contributed by atoms with van der Waals surface area (Å²) in [5.74, 6) is 1.32. The van der Waals surface area contributed by atoms with Crippen LogP contribution in [0.3, 0.4) is 0 Å². The third-order valence-electron chi connectivity index (χ3n) is 5.10. The molecule has 1 aromatic carbocycles. The lowest BCUT2D eigenvalue weighted by Crippen LogP contribution is -2.36. The highest BCUT2D eigenvalue weighted by atomic mass is 16.5. The molecule has 25 heavy (non-hydrogen) atoms. The second-order valence-electron chi connectivity index (χ2n) is 6.91. The van der Waals surface area contributed by atoms with Crippen LogP contribution < -0.4 is 14.8 Å². The number of benzene rings is 1. The van der Waals surface area contributed by atoms with E-state index < -0.39 is 0 Å². The monoisotopic (exact) mass is 346 g/mol. The van der Waals surface area contributed by atoms with Gasteiger partial charge in [-0.1, -0.05) is 6.92 Å². The molecule has 0 radical (unpaired) electrons. The summed E-state index contributed by atoms with van der Waals surface area (Å²) in [5.41, 5.74) is 0.957. The van der Waals surface area contributed by atoms with E-state index in [9.17, 15) is 9.59 Å². The summed E-state index contributed by atoms with van der Waals surface area (Å²) in [6.45, 7) is 3.55. The predicted molar refractivity (Wildman–Crippen MR) is 95.2 cm³/mol. The normalized spacial score (nSPS) is 22.3. The number of amides is 2. The van der Waals surface area contributed by atoms with E-state index >= 15 is 0 Å². The number of carbonyl (C=O) groups is 2. The molecular weight excluding hydrogens is 320 g/mol. The maximum absolute atomic E-state index is 13.0. The van der Waals surface area contributed by atoms with Crippen molar-refractivity contribution in [2.24, 2.45) is 11.8 Å². The van der Waals surface area contributed by atoms with Crippen LogP contribution >= 0.6 is 0 Å². The Morgan fingerprint density at radius 2 is 1.68 bits per heavy atom. The summed E-state index contributed by atoms with van der Waals surface area (Å²) in [6, 6.07) is 3.35. The third-order valence-corrected chi connectivity index (χ3v) is 5.10. The minimum atomic E-state index is -0.0696. The number of likely N-dealkylation sites (tertiary alicyclic amines) is 1. The quantitative estimate of drug-likeness (QED) is 0.890. The van der Waals surface area contributed by atoms with Gasteiger partial charge in [0.25, 0.3) is 5.91 Å². The van der Waals surface area contributed by atoms with Crippen LogP contribution in [0.4, 0.5) is 5.69 Å². The van der Waals surface area contributed by atoms with E-state index in [0.29, 0.717) is 28.7 Å². The molecule has 1 aromatic rings. The Balaban J connectivity index is 1.92. The lowest BCUT2D eigenvalue weighted by molar-refractivity contribution is -0.117. The maximum atomic E-state index is 13.0. The summed E-state index contributed by atoms with van der Waals surface area (Å²) in [5, 5.41) is 2.93. The predicted octanol–water partition coefficient (Wildman–Crippen LogP) is 2.92. The number of hydrogen-bond donors (Lipinski definition) is 1. The standard InChI is InChI=1S/C19H26N2O4/c1-12-9-13(12)18(22)20-15-11-17(25-3)16(24-2)10-14(15)19(23)21-7-5-4-6-8-21/h10-13H,4-9H2,1-3H3,(H,20,22). The molecule has 1 heterocycles. The average Bonchev–Trinajstić information content (AvgIpc) is 3.38. The van der Waals surface area contributed by atoms with Gasteiger partial charge in [-0.15, -0.1) is 0 Å². The van der Waals surface area contributed by atoms with Crippen LogP contribution in [0.5, 0.6) is 11.5 Å². The van der Waals surface area contributed by atoms with Gasteiger partial charge in [0.05, 0.1) is 25.5 Å². The van der Waals surface area contributed by atoms with Crippen molar-refractivity contribution in [2.75, 3.05) is 32.6 Å². The van der Waals surface area contributed by atoms with Gasteiger partial charge in [-0.25, -0.2) is 0 Å². The van der Waals surface area contributed by atoms with Crippen LogP contribution in [-0.2, 0) is 4.79 Å². The molecule has 1 saturated carbocycles. The highest BCUT2D eigenvalue weighted by Gasteiger charge is 2.39. The summed E-state index contributed by atoms with van der Waals surface area (Å²) in [4.78, 5) is 27.2. The van der Waals surface area contributed by atoms with Gasteiger partial charge in [0.2, 0.25) is 5.91 Å². The van der Waals surface area contributed by atoms with E-state index in [1.54, 1.807) is 19.2 Å². The first-order valence-electron chi connectivity index (χ1n) is 8.91. The van der Waals surface area contributed by atoms with Crippen molar-refractivity contribution in [3.8, 4) is 11.5 Å². The molecule has 2 amide bonds. The highest BCUT2D eigenvalue weighted by Crippen LogP contribution is 2.40. The molecular formula is C19H26N2O4. The Hall–Kier alpha value is -2.24. The lowest BCUT2D eigenvalue weighted by Gasteiger charge is -2.28. The van der Waals surface area contributed by atoms with E-state index in [2.05, 4.69) is 12.2 Å². The van der Waals surface area contributed by atoms with Gasteiger partial charge in [0.1, 0.15) is 0 Å². The molecule has 6 heteroatoms. The number of nitrogens with zero attached hydrogens (tertiary/aromatic N) is 1. The van der Waals surface area contributed by atoms with Crippen LogP contribution in [0, 0.1) is 11.8 Å². The third kappa shape index (κ3) is 3.72. The van der Waals surface area contributed by atoms with Crippen LogP contribution in [0.15, 0.2) is 12.1 Å². The fraction of sp³-hybridized carbons (Fsp3) is 0.579. The molecule has 1 saturated heterocycles. The smallest absolute Gasteiger partial charge is 0.256 e. The number of anilines is 1. The van der Waals surface area contributed by atoms with Crippen molar-refractivity contribution in [3.63, 3.8) is 0 Å². The van der Waals surface area contributed by atoms with Gasteiger partial charge >= 0.3 is 0 Å². The topological polar surface area (TPSA) is 67.9 Å². The Morgan fingerprint density at radius 3 is 2.24 bits per heavy atom. The van der Waals surface area contributed by atoms with Gasteiger partial charge < -0.3 is 19.7 Å². The van der Waals surface area contributed by atoms with Crippen molar-refractivity contribution in [1.82, 2.24) is 4.90 Å². The minimum Gasteiger partial charge on any atom is -0.493 e. The largest absolute Gasteiger partial charge is 0.493 e. The first-order chi connectivity index (χ1) is 12.0. The number of ether oxygens (including phenoxy) is 2. The van der Waals surface area contributed by atoms with Crippen molar-refractivity contribution in [2.45, 2.75) is 32.6 Å². The van der Waals surface area contributed by atoms with E-state index in [-0.39, 0.29) is 17.7 Å². The van der Waals surface area contributed by atoms with E-state index in [1.165, 1.54) is 7.11 Å². The Morgan fingerprint density at radius 1 is 1.08 bits per heavy atom. The first-order valence-corrected chi connectivity index (χ1v) is 8.91. The molecule has 2 atom stereocenters. The van der Waals surface area contributed by atoms with Gasteiger partial charge in [0.15, 0.2) is 11.5 Å². The average molecular weight is 346 g/mol. The molecule has 136 valence electrons. The zero-order chi connectivity index (χ0) is 18.0.